The number of hydrogen-bond donors (Lipinski definition) is 2. The number of hydrogen-bond acceptors (Lipinski definition) is 5. The molecule has 0 saturated carbocycles. The van der Waals surface area contributed by atoms with Crippen LogP contribution in [0.2, 0.25) is 0 Å². The van der Waals surface area contributed by atoms with Crippen LogP contribution in [0.4, 0.5) is 0 Å². The average molecular weight is 516 g/mol. The van der Waals surface area contributed by atoms with E-state index < -0.39 is 0 Å². The van der Waals surface area contributed by atoms with E-state index in [2.05, 4.69) is 48.5 Å². The molecule has 154 valence electrons. The first kappa shape index (κ1) is 22.7. The zero-order chi connectivity index (χ0) is 19.4. The Kier molecular flexibility index (Phi) is 8.36. The number of guanidine groups is 1. The second kappa shape index (κ2) is 10.3. The molecule has 0 fully saturated rings. The van der Waals surface area contributed by atoms with Gasteiger partial charge in [-0.05, 0) is 39.8 Å². The Balaban J connectivity index is 0.00000280. The normalized spacial score (nSPS) is 15.5. The lowest BCUT2D eigenvalue weighted by atomic mass is 10.1. The van der Waals surface area contributed by atoms with Crippen LogP contribution in [-0.4, -0.2) is 30.7 Å². The van der Waals surface area contributed by atoms with E-state index in [4.69, 9.17) is 14.5 Å². The molecule has 28 heavy (non-hydrogen) atoms. The molecule has 0 amide bonds. The average Bonchev–Trinajstić information content (AvgIpc) is 3.16. The molecule has 1 aromatic carbocycles. The Morgan fingerprint density at radius 2 is 2.14 bits per heavy atom. The van der Waals surface area contributed by atoms with Crippen molar-refractivity contribution in [3.63, 3.8) is 0 Å². The number of aromatic nitrogens is 1. The minimum atomic E-state index is 0. The number of methoxy groups -OCH3 is 1. The molecule has 1 unspecified atom stereocenters. The Morgan fingerprint density at radius 3 is 2.79 bits per heavy atom. The maximum absolute atomic E-state index is 5.88. The highest BCUT2D eigenvalue weighted by molar-refractivity contribution is 14.0. The summed E-state index contributed by atoms with van der Waals surface area (Å²) in [7, 11) is 1.70. The standard InChI is InChI=1S/C20H28N4O2S.HI/c1-6-21-20(23-11-19-24-13(3)14(4)27-19)22-10-16-9-18-15(7-12(2)26-18)8-17(16)25-5;/h8-9,12H,6-7,10-11H2,1-5H3,(H2,21,22,23);1H. The summed E-state index contributed by atoms with van der Waals surface area (Å²) in [6.07, 6.45) is 1.14. The molecule has 2 N–H and O–H groups in total. The Bertz CT molecular complexity index is 818. The molecule has 2 heterocycles. The highest BCUT2D eigenvalue weighted by atomic mass is 127. The molecule has 1 atom stereocenters. The summed E-state index contributed by atoms with van der Waals surface area (Å²) in [5, 5.41) is 7.71. The van der Waals surface area contributed by atoms with E-state index in [9.17, 15) is 0 Å². The van der Waals surface area contributed by atoms with Gasteiger partial charge in [-0.25, -0.2) is 9.98 Å². The van der Waals surface area contributed by atoms with Crippen LogP contribution in [0.3, 0.4) is 0 Å². The fourth-order valence-electron chi connectivity index (χ4n) is 3.08. The van der Waals surface area contributed by atoms with E-state index in [1.165, 1.54) is 10.4 Å². The second-order valence-corrected chi connectivity index (χ2v) is 7.99. The van der Waals surface area contributed by atoms with Crippen LogP contribution in [0.25, 0.3) is 0 Å². The highest BCUT2D eigenvalue weighted by Crippen LogP contribution is 2.35. The van der Waals surface area contributed by atoms with E-state index >= 15 is 0 Å². The maximum atomic E-state index is 5.88. The predicted octanol–water partition coefficient (Wildman–Crippen LogP) is 3.97. The Hall–Kier alpha value is -1.55. The molecular weight excluding hydrogens is 487 g/mol. The van der Waals surface area contributed by atoms with Gasteiger partial charge >= 0.3 is 0 Å². The van der Waals surface area contributed by atoms with Gasteiger partial charge in [0.2, 0.25) is 0 Å². The van der Waals surface area contributed by atoms with Crippen LogP contribution in [0.1, 0.15) is 40.6 Å². The van der Waals surface area contributed by atoms with Crippen LogP contribution in [0.5, 0.6) is 11.5 Å². The second-order valence-electron chi connectivity index (χ2n) is 6.70. The summed E-state index contributed by atoms with van der Waals surface area (Å²) < 4.78 is 11.4. The molecule has 0 radical (unpaired) electrons. The number of fused-ring (bicyclic) bond motifs is 1. The fraction of sp³-hybridized carbons (Fsp3) is 0.500. The minimum absolute atomic E-state index is 0. The van der Waals surface area contributed by atoms with Crippen LogP contribution in [-0.2, 0) is 19.5 Å². The van der Waals surface area contributed by atoms with E-state index in [0.29, 0.717) is 13.1 Å². The number of nitrogens with one attached hydrogen (secondary N) is 2. The summed E-state index contributed by atoms with van der Waals surface area (Å²) in [6, 6.07) is 4.13. The van der Waals surface area contributed by atoms with Gasteiger partial charge in [-0.15, -0.1) is 35.3 Å². The Labute approximate surface area is 188 Å². The zero-order valence-corrected chi connectivity index (χ0v) is 20.2. The monoisotopic (exact) mass is 516 g/mol. The third-order valence-electron chi connectivity index (χ3n) is 4.53. The number of nitrogens with zero attached hydrogens (tertiary/aromatic N) is 2. The first-order chi connectivity index (χ1) is 13.0. The van der Waals surface area contributed by atoms with Crippen LogP contribution >= 0.6 is 35.3 Å². The van der Waals surface area contributed by atoms with Crippen molar-refractivity contribution >= 4 is 41.3 Å². The quantitative estimate of drug-likeness (QED) is 0.346. The van der Waals surface area contributed by atoms with Crippen molar-refractivity contribution in [1.29, 1.82) is 0 Å². The summed E-state index contributed by atoms with van der Waals surface area (Å²) >= 11 is 1.72. The minimum Gasteiger partial charge on any atom is -0.496 e. The van der Waals surface area contributed by atoms with Gasteiger partial charge in [0.15, 0.2) is 5.96 Å². The van der Waals surface area contributed by atoms with E-state index in [-0.39, 0.29) is 30.1 Å². The van der Waals surface area contributed by atoms with Gasteiger partial charge in [0.1, 0.15) is 22.6 Å². The van der Waals surface area contributed by atoms with Crippen molar-refractivity contribution in [2.45, 2.75) is 53.3 Å². The van der Waals surface area contributed by atoms with Crippen molar-refractivity contribution in [1.82, 2.24) is 15.6 Å². The van der Waals surface area contributed by atoms with Crippen LogP contribution < -0.4 is 20.1 Å². The smallest absolute Gasteiger partial charge is 0.191 e. The van der Waals surface area contributed by atoms with Crippen LogP contribution in [0, 0.1) is 13.8 Å². The molecular formula is C20H29IN4O2S. The summed E-state index contributed by atoms with van der Waals surface area (Å²) in [5.74, 6) is 2.57. The third kappa shape index (κ3) is 5.50. The highest BCUT2D eigenvalue weighted by Gasteiger charge is 2.21. The molecule has 1 aliphatic heterocycles. The lowest BCUT2D eigenvalue weighted by Gasteiger charge is -2.12. The molecule has 1 aromatic heterocycles. The molecule has 1 aliphatic rings. The third-order valence-corrected chi connectivity index (χ3v) is 5.60. The van der Waals surface area contributed by atoms with Gasteiger partial charge in [0, 0.05) is 29.0 Å². The molecule has 2 aromatic rings. The topological polar surface area (TPSA) is 67.8 Å². The van der Waals surface area contributed by atoms with Gasteiger partial charge in [-0.2, -0.15) is 0 Å². The molecule has 0 spiro atoms. The first-order valence-corrected chi connectivity index (χ1v) is 10.1. The summed E-state index contributed by atoms with van der Waals surface area (Å²) in [5.41, 5.74) is 3.31. The van der Waals surface area contributed by atoms with Crippen LogP contribution in [0.15, 0.2) is 17.1 Å². The van der Waals surface area contributed by atoms with Gasteiger partial charge in [0.05, 0.1) is 25.9 Å². The predicted molar refractivity (Wildman–Crippen MR) is 125 cm³/mol. The number of thiazole rings is 1. The van der Waals surface area contributed by atoms with E-state index in [1.54, 1.807) is 18.4 Å². The molecule has 0 bridgehead atoms. The molecule has 0 aliphatic carbocycles. The maximum Gasteiger partial charge on any atom is 0.191 e. The summed E-state index contributed by atoms with van der Waals surface area (Å²) in [4.78, 5) is 10.5. The van der Waals surface area contributed by atoms with Gasteiger partial charge < -0.3 is 20.1 Å². The van der Waals surface area contributed by atoms with E-state index in [1.807, 2.05) is 6.92 Å². The Morgan fingerprint density at radius 1 is 1.36 bits per heavy atom. The number of aliphatic imine (C=N–C) groups is 1. The number of halogens is 1. The molecule has 8 heteroatoms. The van der Waals surface area contributed by atoms with Gasteiger partial charge in [-0.1, -0.05) is 0 Å². The van der Waals surface area contributed by atoms with E-state index in [0.717, 1.165) is 46.7 Å². The van der Waals surface area contributed by atoms with Crippen molar-refractivity contribution < 1.29 is 9.47 Å². The molecule has 3 rings (SSSR count). The molecule has 6 nitrogen and oxygen atoms in total. The van der Waals surface area contributed by atoms with Gasteiger partial charge in [0.25, 0.3) is 0 Å². The summed E-state index contributed by atoms with van der Waals surface area (Å²) in [6.45, 7) is 10.2. The fourth-order valence-corrected chi connectivity index (χ4v) is 3.95. The van der Waals surface area contributed by atoms with Gasteiger partial charge in [-0.3, -0.25) is 0 Å². The van der Waals surface area contributed by atoms with Crippen molar-refractivity contribution in [3.8, 4) is 11.5 Å². The lowest BCUT2D eigenvalue weighted by molar-refractivity contribution is 0.254. The van der Waals surface area contributed by atoms with Crippen molar-refractivity contribution in [3.05, 3.63) is 38.8 Å². The SMILES string of the molecule is CCNC(=NCc1cc2c(cc1OC)CC(C)O2)NCc1nc(C)c(C)s1.I. The first-order valence-electron chi connectivity index (χ1n) is 9.31. The number of aryl methyl sites for hydroxylation is 2. The number of rotatable bonds is 6. The number of ether oxygens (including phenoxy) is 2. The largest absolute Gasteiger partial charge is 0.496 e. The lowest BCUT2D eigenvalue weighted by Crippen LogP contribution is -2.36. The van der Waals surface area contributed by atoms with Crippen molar-refractivity contribution in [2.24, 2.45) is 4.99 Å². The zero-order valence-electron chi connectivity index (χ0n) is 17.1. The molecule has 0 saturated heterocycles. The number of benzene rings is 1. The van der Waals surface area contributed by atoms with Crippen molar-refractivity contribution in [2.75, 3.05) is 13.7 Å².